The van der Waals surface area contributed by atoms with Crippen LogP contribution in [0, 0.1) is 0 Å². The maximum atomic E-state index is 12.2. The first-order valence-corrected chi connectivity index (χ1v) is 7.06. The van der Waals surface area contributed by atoms with Gasteiger partial charge in [0.2, 0.25) is 11.6 Å². The fourth-order valence-electron chi connectivity index (χ4n) is 2.96. The number of carbonyl (C=O) groups is 2. The fourth-order valence-corrected chi connectivity index (χ4v) is 2.96. The zero-order valence-corrected chi connectivity index (χ0v) is 11.4. The van der Waals surface area contributed by atoms with Crippen LogP contribution in [0.4, 0.5) is 5.82 Å². The van der Waals surface area contributed by atoms with Crippen molar-refractivity contribution in [1.29, 1.82) is 0 Å². The topological polar surface area (TPSA) is 63.2 Å². The number of aromatic nitrogens is 2. The maximum Gasteiger partial charge on any atom is 0.235 e. The third-order valence-corrected chi connectivity index (χ3v) is 4.04. The largest absolute Gasteiger partial charge is 0.357 e. The Kier molecular flexibility index (Phi) is 2.60. The summed E-state index contributed by atoms with van der Waals surface area (Å²) >= 11 is 0. The van der Waals surface area contributed by atoms with Crippen molar-refractivity contribution < 1.29 is 9.59 Å². The van der Waals surface area contributed by atoms with E-state index in [2.05, 4.69) is 14.9 Å². The molecule has 0 amide bonds. The van der Waals surface area contributed by atoms with Crippen molar-refractivity contribution in [3.05, 3.63) is 41.6 Å². The van der Waals surface area contributed by atoms with Gasteiger partial charge in [-0.3, -0.25) is 14.6 Å². The SMILES string of the molecule is O=C1C(=O)c2ccc(N3CCCC3)nc2-c2ncccc21. The van der Waals surface area contributed by atoms with E-state index in [4.69, 9.17) is 0 Å². The number of hydrogen-bond acceptors (Lipinski definition) is 5. The Bertz CT molecular complexity index is 764. The lowest BCUT2D eigenvalue weighted by Gasteiger charge is -2.20. The number of ketones is 2. The lowest BCUT2D eigenvalue weighted by molar-refractivity contribution is 0.0814. The third kappa shape index (κ3) is 1.77. The molecule has 2 aliphatic rings. The van der Waals surface area contributed by atoms with Gasteiger partial charge in [-0.2, -0.15) is 0 Å². The molecule has 1 fully saturated rings. The molecule has 0 N–H and O–H groups in total. The van der Waals surface area contributed by atoms with Gasteiger partial charge in [-0.05, 0) is 37.1 Å². The normalized spacial score (nSPS) is 16.9. The molecule has 0 atom stereocenters. The molecule has 2 aromatic rings. The minimum absolute atomic E-state index is 0.348. The van der Waals surface area contributed by atoms with Gasteiger partial charge in [-0.15, -0.1) is 0 Å². The molecule has 1 aliphatic heterocycles. The monoisotopic (exact) mass is 279 g/mol. The highest BCUT2D eigenvalue weighted by atomic mass is 16.2. The molecule has 1 aliphatic carbocycles. The average molecular weight is 279 g/mol. The van der Waals surface area contributed by atoms with Gasteiger partial charge in [-0.25, -0.2) is 4.98 Å². The van der Waals surface area contributed by atoms with Crippen LogP contribution < -0.4 is 4.90 Å². The van der Waals surface area contributed by atoms with Gasteiger partial charge < -0.3 is 4.90 Å². The van der Waals surface area contributed by atoms with Gasteiger partial charge in [0.25, 0.3) is 0 Å². The summed E-state index contributed by atoms with van der Waals surface area (Å²) in [5, 5.41) is 0. The summed E-state index contributed by atoms with van der Waals surface area (Å²) in [6.07, 6.45) is 3.94. The Morgan fingerprint density at radius 3 is 2.38 bits per heavy atom. The van der Waals surface area contributed by atoms with Crippen molar-refractivity contribution in [3.8, 4) is 11.4 Å². The molecule has 0 aromatic carbocycles. The van der Waals surface area contributed by atoms with E-state index in [1.54, 1.807) is 24.4 Å². The second-order valence-corrected chi connectivity index (χ2v) is 5.32. The summed E-state index contributed by atoms with van der Waals surface area (Å²) in [5.74, 6) is -0.141. The first-order valence-electron chi connectivity index (χ1n) is 7.06. The summed E-state index contributed by atoms with van der Waals surface area (Å²) in [6.45, 7) is 1.96. The molecule has 21 heavy (non-hydrogen) atoms. The zero-order valence-electron chi connectivity index (χ0n) is 11.4. The van der Waals surface area contributed by atoms with E-state index < -0.39 is 11.6 Å². The zero-order chi connectivity index (χ0) is 14.4. The molecule has 4 rings (SSSR count). The van der Waals surface area contributed by atoms with Gasteiger partial charge >= 0.3 is 0 Å². The van der Waals surface area contributed by atoms with E-state index in [1.165, 1.54) is 0 Å². The van der Waals surface area contributed by atoms with Gasteiger partial charge in [0, 0.05) is 19.3 Å². The lowest BCUT2D eigenvalue weighted by Crippen LogP contribution is -2.25. The molecule has 1 saturated heterocycles. The first kappa shape index (κ1) is 12.2. The molecular weight excluding hydrogens is 266 g/mol. The molecule has 5 heteroatoms. The molecule has 0 bridgehead atoms. The van der Waals surface area contributed by atoms with Crippen molar-refractivity contribution in [1.82, 2.24) is 9.97 Å². The van der Waals surface area contributed by atoms with Gasteiger partial charge in [0.15, 0.2) is 0 Å². The first-order chi connectivity index (χ1) is 10.3. The molecule has 3 heterocycles. The predicted molar refractivity (Wildman–Crippen MR) is 77.6 cm³/mol. The summed E-state index contributed by atoms with van der Waals surface area (Å²) in [4.78, 5) is 35.3. The highest BCUT2D eigenvalue weighted by molar-refractivity contribution is 6.52. The van der Waals surface area contributed by atoms with Gasteiger partial charge in [0.1, 0.15) is 17.2 Å². The van der Waals surface area contributed by atoms with Gasteiger partial charge in [0.05, 0.1) is 11.1 Å². The Morgan fingerprint density at radius 2 is 1.62 bits per heavy atom. The van der Waals surface area contributed by atoms with Crippen LogP contribution in [0.15, 0.2) is 30.5 Å². The van der Waals surface area contributed by atoms with Crippen LogP contribution in [0.1, 0.15) is 33.6 Å². The van der Waals surface area contributed by atoms with Crippen LogP contribution in [0.3, 0.4) is 0 Å². The fraction of sp³-hybridized carbons (Fsp3) is 0.250. The third-order valence-electron chi connectivity index (χ3n) is 4.04. The lowest BCUT2D eigenvalue weighted by atomic mass is 9.90. The Balaban J connectivity index is 1.91. The summed E-state index contributed by atoms with van der Waals surface area (Å²) < 4.78 is 0. The Morgan fingerprint density at radius 1 is 0.905 bits per heavy atom. The minimum atomic E-state index is -0.499. The summed E-state index contributed by atoms with van der Waals surface area (Å²) in [5.41, 5.74) is 1.74. The van der Waals surface area contributed by atoms with Gasteiger partial charge in [-0.1, -0.05) is 0 Å². The minimum Gasteiger partial charge on any atom is -0.357 e. The van der Waals surface area contributed by atoms with Crippen LogP contribution in [-0.4, -0.2) is 34.6 Å². The van der Waals surface area contributed by atoms with Crippen LogP contribution in [-0.2, 0) is 0 Å². The molecule has 0 spiro atoms. The van der Waals surface area contributed by atoms with Crippen LogP contribution in [0.2, 0.25) is 0 Å². The summed E-state index contributed by atoms with van der Waals surface area (Å²) in [7, 11) is 0. The molecule has 5 nitrogen and oxygen atoms in total. The maximum absolute atomic E-state index is 12.2. The number of hydrogen-bond donors (Lipinski definition) is 0. The highest BCUT2D eigenvalue weighted by Gasteiger charge is 2.32. The second kappa shape index (κ2) is 4.48. The summed E-state index contributed by atoms with van der Waals surface area (Å²) in [6, 6.07) is 6.83. The number of Topliss-reactive ketones (excluding diaryl/α,β-unsaturated/α-hetero) is 2. The number of carbonyl (C=O) groups excluding carboxylic acids is 2. The van der Waals surface area contributed by atoms with Crippen molar-refractivity contribution in [2.45, 2.75) is 12.8 Å². The number of anilines is 1. The number of nitrogens with zero attached hydrogens (tertiary/aromatic N) is 3. The standard InChI is InChI=1S/C16H13N3O2/c20-15-10-4-3-7-17-13(10)14-11(16(15)21)5-6-12(18-14)19-8-1-2-9-19/h3-7H,1-2,8-9H2. The molecule has 104 valence electrons. The molecular formula is C16H13N3O2. The van der Waals surface area contributed by atoms with E-state index >= 15 is 0 Å². The average Bonchev–Trinajstić information content (AvgIpc) is 3.06. The van der Waals surface area contributed by atoms with Crippen molar-refractivity contribution in [3.63, 3.8) is 0 Å². The number of pyridine rings is 2. The van der Waals surface area contributed by atoms with E-state index in [9.17, 15) is 9.59 Å². The second-order valence-electron chi connectivity index (χ2n) is 5.32. The Hall–Kier alpha value is -2.56. The van der Waals surface area contributed by atoms with Crippen molar-refractivity contribution in [2.24, 2.45) is 0 Å². The number of fused-ring (bicyclic) bond motifs is 3. The van der Waals surface area contributed by atoms with E-state index in [1.807, 2.05) is 6.07 Å². The van der Waals surface area contributed by atoms with Crippen LogP contribution in [0.5, 0.6) is 0 Å². The van der Waals surface area contributed by atoms with Crippen LogP contribution >= 0.6 is 0 Å². The number of rotatable bonds is 1. The molecule has 0 unspecified atom stereocenters. The van der Waals surface area contributed by atoms with Crippen molar-refractivity contribution >= 4 is 17.4 Å². The molecule has 2 aromatic heterocycles. The quantitative estimate of drug-likeness (QED) is 0.748. The predicted octanol–water partition coefficient (Wildman–Crippen LogP) is 2.12. The molecule has 0 saturated carbocycles. The smallest absolute Gasteiger partial charge is 0.235 e. The van der Waals surface area contributed by atoms with Crippen LogP contribution in [0.25, 0.3) is 11.4 Å². The highest BCUT2D eigenvalue weighted by Crippen LogP contribution is 2.32. The van der Waals surface area contributed by atoms with E-state index in [0.29, 0.717) is 22.5 Å². The van der Waals surface area contributed by atoms with E-state index in [0.717, 1.165) is 31.7 Å². The van der Waals surface area contributed by atoms with E-state index in [-0.39, 0.29) is 0 Å². The molecule has 0 radical (unpaired) electrons. The van der Waals surface area contributed by atoms with Crippen molar-refractivity contribution in [2.75, 3.05) is 18.0 Å². The Labute approximate surface area is 121 Å².